The summed E-state index contributed by atoms with van der Waals surface area (Å²) in [5.41, 5.74) is 2.08. The third-order valence-electron chi connectivity index (χ3n) is 5.33. The van der Waals surface area contributed by atoms with Crippen LogP contribution in [0.5, 0.6) is 29.0 Å². The molecule has 9 nitrogen and oxygen atoms in total. The highest BCUT2D eigenvalue weighted by atomic mass is 16.6. The molecule has 35 heavy (non-hydrogen) atoms. The van der Waals surface area contributed by atoms with Crippen LogP contribution in [0.4, 0.5) is 5.95 Å². The molecule has 0 radical (unpaired) electrons. The fraction of sp³-hybridized carbons (Fsp3) is 0.385. The Morgan fingerprint density at radius 1 is 0.714 bits per heavy atom. The molecule has 2 aromatic carbocycles. The first kappa shape index (κ1) is 25.9. The maximum Gasteiger partial charge on any atom is 0.266 e. The fourth-order valence-corrected chi connectivity index (χ4v) is 3.28. The number of methoxy groups -OCH3 is 4. The smallest absolute Gasteiger partial charge is 0.266 e. The first-order chi connectivity index (χ1) is 16.9. The van der Waals surface area contributed by atoms with Crippen LogP contribution in [0.15, 0.2) is 48.5 Å². The molecule has 1 atom stereocenters. The van der Waals surface area contributed by atoms with Gasteiger partial charge >= 0.3 is 0 Å². The van der Waals surface area contributed by atoms with Crippen molar-refractivity contribution >= 4 is 5.95 Å². The Hall–Kier alpha value is -3.72. The Bertz CT molecular complexity index is 999. The van der Waals surface area contributed by atoms with E-state index in [4.69, 9.17) is 23.7 Å². The minimum atomic E-state index is -1.07. The van der Waals surface area contributed by atoms with Crippen molar-refractivity contribution in [3.05, 3.63) is 59.7 Å². The topological polar surface area (TPSA) is 95.4 Å². The minimum Gasteiger partial charge on any atom is -0.497 e. The van der Waals surface area contributed by atoms with Gasteiger partial charge in [0.05, 0.1) is 28.4 Å². The van der Waals surface area contributed by atoms with Crippen LogP contribution in [0.2, 0.25) is 0 Å². The van der Waals surface area contributed by atoms with Gasteiger partial charge < -0.3 is 33.7 Å². The lowest BCUT2D eigenvalue weighted by atomic mass is 10.1. The molecule has 0 bridgehead atoms. The van der Waals surface area contributed by atoms with E-state index >= 15 is 0 Å². The number of nitrogens with zero attached hydrogens (tertiary/aromatic N) is 3. The summed E-state index contributed by atoms with van der Waals surface area (Å²) in [6.45, 7) is 4.70. The number of ether oxygens (including phenoxy) is 5. The molecule has 9 heteroatoms. The van der Waals surface area contributed by atoms with Crippen LogP contribution in [-0.2, 0) is 13.1 Å². The third kappa shape index (κ3) is 6.66. The number of hydrogen-bond donors (Lipinski definition) is 1. The number of benzene rings is 2. The first-order valence-corrected chi connectivity index (χ1v) is 11.2. The van der Waals surface area contributed by atoms with Gasteiger partial charge in [-0.3, -0.25) is 0 Å². The molecule has 0 aliphatic rings. The lowest BCUT2D eigenvalue weighted by molar-refractivity contribution is -0.0547. The zero-order valence-corrected chi connectivity index (χ0v) is 21.0. The molecule has 3 rings (SSSR count). The summed E-state index contributed by atoms with van der Waals surface area (Å²) in [7, 11) is 6.24. The Labute approximate surface area is 206 Å². The standard InChI is InChI=1S/C26H33N3O6/c1-17(2)25(30)35-22-23(33-5)27-26(28-24(22)34-6)29(15-18-7-11-20(31-3)12-8-18)16-19-9-13-21(32-4)14-10-19/h7-14,17,25,30H,15-16H2,1-6H3. The molecular weight excluding hydrogens is 450 g/mol. The van der Waals surface area contributed by atoms with Crippen molar-refractivity contribution in [1.82, 2.24) is 9.97 Å². The number of aliphatic hydroxyl groups excluding tert-OH is 1. The Kier molecular flexibility index (Phi) is 8.97. The van der Waals surface area contributed by atoms with E-state index in [1.54, 1.807) is 14.2 Å². The Morgan fingerprint density at radius 3 is 1.49 bits per heavy atom. The van der Waals surface area contributed by atoms with Crippen LogP contribution in [0.25, 0.3) is 0 Å². The largest absolute Gasteiger partial charge is 0.497 e. The van der Waals surface area contributed by atoms with Crippen molar-refractivity contribution in [3.63, 3.8) is 0 Å². The summed E-state index contributed by atoms with van der Waals surface area (Å²) in [5.74, 6) is 2.28. The molecule has 1 unspecified atom stereocenters. The Morgan fingerprint density at radius 2 is 1.14 bits per heavy atom. The molecular formula is C26H33N3O6. The van der Waals surface area contributed by atoms with Crippen LogP contribution in [0, 0.1) is 5.92 Å². The van der Waals surface area contributed by atoms with Gasteiger partial charge in [0.15, 0.2) is 6.29 Å². The highest BCUT2D eigenvalue weighted by molar-refractivity contribution is 5.49. The molecule has 3 aromatic rings. The van der Waals surface area contributed by atoms with Gasteiger partial charge in [-0.25, -0.2) is 0 Å². The molecule has 0 aliphatic heterocycles. The van der Waals surface area contributed by atoms with Crippen molar-refractivity contribution in [2.75, 3.05) is 33.3 Å². The number of hydrogen-bond acceptors (Lipinski definition) is 9. The predicted octanol–water partition coefficient (Wildman–Crippen LogP) is 4.07. The van der Waals surface area contributed by atoms with Gasteiger partial charge in [0.1, 0.15) is 11.5 Å². The van der Waals surface area contributed by atoms with E-state index in [-0.39, 0.29) is 23.4 Å². The number of aromatic nitrogens is 2. The Balaban J connectivity index is 2.00. The van der Waals surface area contributed by atoms with Gasteiger partial charge in [-0.05, 0) is 35.4 Å². The lowest BCUT2D eigenvalue weighted by Gasteiger charge is -2.25. The minimum absolute atomic E-state index is 0.147. The molecule has 0 fully saturated rings. The van der Waals surface area contributed by atoms with E-state index < -0.39 is 6.29 Å². The summed E-state index contributed by atoms with van der Waals surface area (Å²) in [5, 5.41) is 10.3. The number of rotatable bonds is 12. The summed E-state index contributed by atoms with van der Waals surface area (Å²) in [6, 6.07) is 15.6. The van der Waals surface area contributed by atoms with Gasteiger partial charge in [-0.1, -0.05) is 38.1 Å². The molecule has 1 heterocycles. The highest BCUT2D eigenvalue weighted by Gasteiger charge is 2.24. The quantitative estimate of drug-likeness (QED) is 0.383. The van der Waals surface area contributed by atoms with Crippen molar-refractivity contribution in [2.24, 2.45) is 5.92 Å². The molecule has 1 aromatic heterocycles. The maximum absolute atomic E-state index is 10.3. The normalized spacial score (nSPS) is 11.7. The average Bonchev–Trinajstić information content (AvgIpc) is 2.89. The van der Waals surface area contributed by atoms with Gasteiger partial charge in [-0.15, -0.1) is 0 Å². The molecule has 0 aliphatic carbocycles. The third-order valence-corrected chi connectivity index (χ3v) is 5.33. The summed E-state index contributed by atoms with van der Waals surface area (Å²) >= 11 is 0. The van der Waals surface area contributed by atoms with E-state index in [2.05, 4.69) is 9.97 Å². The molecule has 0 saturated carbocycles. The summed E-state index contributed by atoms with van der Waals surface area (Å²) in [4.78, 5) is 11.2. The molecule has 0 spiro atoms. The summed E-state index contributed by atoms with van der Waals surface area (Å²) < 4.78 is 27.2. The van der Waals surface area contributed by atoms with Crippen LogP contribution in [-0.4, -0.2) is 49.8 Å². The van der Waals surface area contributed by atoms with Crippen molar-refractivity contribution in [1.29, 1.82) is 0 Å². The van der Waals surface area contributed by atoms with E-state index in [0.717, 1.165) is 22.6 Å². The zero-order chi connectivity index (χ0) is 25.4. The van der Waals surface area contributed by atoms with Crippen molar-refractivity contribution in [2.45, 2.75) is 33.2 Å². The molecule has 188 valence electrons. The van der Waals surface area contributed by atoms with E-state index in [0.29, 0.717) is 19.0 Å². The lowest BCUT2D eigenvalue weighted by Crippen LogP contribution is -2.26. The molecule has 1 N–H and O–H groups in total. The van der Waals surface area contributed by atoms with E-state index in [9.17, 15) is 5.11 Å². The van der Waals surface area contributed by atoms with Crippen molar-refractivity contribution < 1.29 is 28.8 Å². The monoisotopic (exact) mass is 483 g/mol. The summed E-state index contributed by atoms with van der Waals surface area (Å²) in [6.07, 6.45) is -1.07. The van der Waals surface area contributed by atoms with Gasteiger partial charge in [0, 0.05) is 19.0 Å². The molecule has 0 saturated heterocycles. The maximum atomic E-state index is 10.3. The SMILES string of the molecule is COc1ccc(CN(Cc2ccc(OC)cc2)c2nc(OC)c(OC(O)C(C)C)c(OC)n2)cc1. The van der Waals surface area contributed by atoms with Crippen LogP contribution < -0.4 is 28.6 Å². The van der Waals surface area contributed by atoms with Crippen LogP contribution in [0.3, 0.4) is 0 Å². The zero-order valence-electron chi connectivity index (χ0n) is 21.0. The second-order valence-corrected chi connectivity index (χ2v) is 8.18. The van der Waals surface area contributed by atoms with Crippen LogP contribution >= 0.6 is 0 Å². The van der Waals surface area contributed by atoms with E-state index in [1.807, 2.05) is 67.3 Å². The van der Waals surface area contributed by atoms with Gasteiger partial charge in [0.2, 0.25) is 11.7 Å². The van der Waals surface area contributed by atoms with Gasteiger partial charge in [0.25, 0.3) is 11.8 Å². The predicted molar refractivity (Wildman–Crippen MR) is 132 cm³/mol. The fourth-order valence-electron chi connectivity index (χ4n) is 3.28. The highest BCUT2D eigenvalue weighted by Crippen LogP contribution is 2.37. The second-order valence-electron chi connectivity index (χ2n) is 8.18. The average molecular weight is 484 g/mol. The van der Waals surface area contributed by atoms with Crippen molar-refractivity contribution in [3.8, 4) is 29.0 Å². The first-order valence-electron chi connectivity index (χ1n) is 11.2. The number of anilines is 1. The van der Waals surface area contributed by atoms with Crippen LogP contribution in [0.1, 0.15) is 25.0 Å². The number of aliphatic hydroxyl groups is 1. The second kappa shape index (κ2) is 12.1. The van der Waals surface area contributed by atoms with Gasteiger partial charge in [-0.2, -0.15) is 9.97 Å². The molecule has 0 amide bonds. The van der Waals surface area contributed by atoms with E-state index in [1.165, 1.54) is 14.2 Å².